The van der Waals surface area contributed by atoms with E-state index in [9.17, 15) is 0 Å². The molecule has 6 heteroatoms. The minimum Gasteiger partial charge on any atom is -0.397 e. The van der Waals surface area contributed by atoms with E-state index in [2.05, 4.69) is 0 Å². The fraction of sp³-hybridized carbons (Fsp3) is 1.00. The molecular formula is C12H30O6. The largest absolute Gasteiger partial charge is 0.397 e. The molecule has 114 valence electrons. The molecule has 0 aliphatic heterocycles. The van der Waals surface area contributed by atoms with Crippen LogP contribution in [0.3, 0.4) is 0 Å². The Hall–Kier alpha value is -0.240. The standard InChI is InChI=1S/C6H14O4.C4H10O.C2H6O/c7-1-3-9-5-6-10-4-2-8;1-3-5-4-2;1-2-3/h7-8H,1-6H2;3-4H2,1-2H3;3H,2H2,1H3. The molecule has 0 radical (unpaired) electrons. The summed E-state index contributed by atoms with van der Waals surface area (Å²) in [5.41, 5.74) is 0. The average molecular weight is 270 g/mol. The molecule has 0 aliphatic rings. The van der Waals surface area contributed by atoms with Gasteiger partial charge in [0.05, 0.1) is 39.6 Å². The quantitative estimate of drug-likeness (QED) is 0.513. The van der Waals surface area contributed by atoms with Crippen molar-refractivity contribution >= 4 is 0 Å². The molecule has 0 fully saturated rings. The van der Waals surface area contributed by atoms with Crippen molar-refractivity contribution in [2.75, 3.05) is 59.5 Å². The van der Waals surface area contributed by atoms with Gasteiger partial charge in [0, 0.05) is 19.8 Å². The zero-order chi connectivity index (χ0) is 14.5. The summed E-state index contributed by atoms with van der Waals surface area (Å²) in [5, 5.41) is 24.1. The summed E-state index contributed by atoms with van der Waals surface area (Å²) < 4.78 is 14.6. The van der Waals surface area contributed by atoms with Crippen LogP contribution in [0.5, 0.6) is 0 Å². The van der Waals surface area contributed by atoms with E-state index in [-0.39, 0.29) is 19.8 Å². The maximum atomic E-state index is 8.26. The molecule has 0 aromatic heterocycles. The van der Waals surface area contributed by atoms with Crippen LogP contribution in [-0.2, 0) is 14.2 Å². The van der Waals surface area contributed by atoms with Crippen LogP contribution >= 0.6 is 0 Å². The van der Waals surface area contributed by atoms with Gasteiger partial charge in [-0.05, 0) is 20.8 Å². The molecule has 0 bridgehead atoms. The molecule has 0 rings (SSSR count). The highest BCUT2D eigenvalue weighted by molar-refractivity contribution is 4.30. The van der Waals surface area contributed by atoms with E-state index in [0.717, 1.165) is 13.2 Å². The minimum atomic E-state index is 0.0417. The highest BCUT2D eigenvalue weighted by Gasteiger charge is 1.86. The zero-order valence-corrected chi connectivity index (χ0v) is 11.9. The number of hydrogen-bond donors (Lipinski definition) is 3. The molecule has 0 saturated carbocycles. The van der Waals surface area contributed by atoms with Crippen molar-refractivity contribution in [2.45, 2.75) is 20.8 Å². The predicted octanol–water partition coefficient (Wildman–Crippen LogP) is 0.0456. The first-order chi connectivity index (χ1) is 8.74. The van der Waals surface area contributed by atoms with Gasteiger partial charge in [-0.2, -0.15) is 0 Å². The third-order valence-electron chi connectivity index (χ3n) is 1.25. The molecule has 0 amide bonds. The van der Waals surface area contributed by atoms with E-state index in [0.29, 0.717) is 26.4 Å². The van der Waals surface area contributed by atoms with Gasteiger partial charge in [-0.15, -0.1) is 0 Å². The first-order valence-electron chi connectivity index (χ1n) is 6.30. The zero-order valence-electron chi connectivity index (χ0n) is 11.9. The van der Waals surface area contributed by atoms with Crippen molar-refractivity contribution < 1.29 is 29.5 Å². The van der Waals surface area contributed by atoms with Gasteiger partial charge >= 0.3 is 0 Å². The highest BCUT2D eigenvalue weighted by atomic mass is 16.5. The molecule has 0 atom stereocenters. The summed E-state index contributed by atoms with van der Waals surface area (Å²) in [6.45, 7) is 9.33. The summed E-state index contributed by atoms with van der Waals surface area (Å²) >= 11 is 0. The van der Waals surface area contributed by atoms with Crippen molar-refractivity contribution in [2.24, 2.45) is 0 Å². The molecule has 0 heterocycles. The molecule has 0 unspecified atom stereocenters. The molecule has 0 aliphatic carbocycles. The topological polar surface area (TPSA) is 88.4 Å². The second kappa shape index (κ2) is 30.1. The van der Waals surface area contributed by atoms with Crippen LogP contribution < -0.4 is 0 Å². The monoisotopic (exact) mass is 270 g/mol. The Morgan fingerprint density at radius 2 is 0.944 bits per heavy atom. The molecule has 6 nitrogen and oxygen atoms in total. The van der Waals surface area contributed by atoms with Gasteiger partial charge in [0.1, 0.15) is 0 Å². The fourth-order valence-electron chi connectivity index (χ4n) is 0.655. The number of ether oxygens (including phenoxy) is 3. The Bertz CT molecular complexity index is 92.6. The lowest BCUT2D eigenvalue weighted by atomic mass is 10.7. The normalized spacial score (nSPS) is 9.00. The van der Waals surface area contributed by atoms with Gasteiger partial charge in [0.25, 0.3) is 0 Å². The third kappa shape index (κ3) is 44.7. The maximum Gasteiger partial charge on any atom is 0.0701 e. The molecule has 18 heavy (non-hydrogen) atoms. The van der Waals surface area contributed by atoms with Gasteiger partial charge in [0.2, 0.25) is 0 Å². The average Bonchev–Trinajstić information content (AvgIpc) is 2.36. The Kier molecular flexibility index (Phi) is 38.3. The second-order valence-electron chi connectivity index (χ2n) is 2.77. The second-order valence-corrected chi connectivity index (χ2v) is 2.77. The van der Waals surface area contributed by atoms with Crippen LogP contribution in [0.4, 0.5) is 0 Å². The van der Waals surface area contributed by atoms with Crippen LogP contribution in [-0.4, -0.2) is 74.8 Å². The molecular weight excluding hydrogens is 240 g/mol. The number of hydrogen-bond acceptors (Lipinski definition) is 6. The Morgan fingerprint density at radius 3 is 1.11 bits per heavy atom. The van der Waals surface area contributed by atoms with Crippen molar-refractivity contribution in [1.82, 2.24) is 0 Å². The van der Waals surface area contributed by atoms with Crippen LogP contribution in [0.15, 0.2) is 0 Å². The van der Waals surface area contributed by atoms with Gasteiger partial charge in [-0.3, -0.25) is 0 Å². The lowest BCUT2D eigenvalue weighted by Gasteiger charge is -2.01. The van der Waals surface area contributed by atoms with Gasteiger partial charge in [-0.25, -0.2) is 0 Å². The van der Waals surface area contributed by atoms with E-state index >= 15 is 0 Å². The van der Waals surface area contributed by atoms with E-state index in [1.165, 1.54) is 0 Å². The Morgan fingerprint density at radius 1 is 0.611 bits per heavy atom. The van der Waals surface area contributed by atoms with Crippen LogP contribution in [0.2, 0.25) is 0 Å². The van der Waals surface area contributed by atoms with Crippen LogP contribution in [0, 0.1) is 0 Å². The molecule has 0 aromatic carbocycles. The highest BCUT2D eigenvalue weighted by Crippen LogP contribution is 1.76. The molecule has 0 saturated heterocycles. The Labute approximate surface area is 110 Å². The van der Waals surface area contributed by atoms with Gasteiger partial charge in [0.15, 0.2) is 0 Å². The first-order valence-corrected chi connectivity index (χ1v) is 6.30. The number of rotatable bonds is 9. The van der Waals surface area contributed by atoms with Crippen molar-refractivity contribution in [3.63, 3.8) is 0 Å². The molecule has 0 spiro atoms. The summed E-state index contributed by atoms with van der Waals surface area (Å²) in [7, 11) is 0. The van der Waals surface area contributed by atoms with E-state index in [1.54, 1.807) is 6.92 Å². The van der Waals surface area contributed by atoms with Crippen LogP contribution in [0.1, 0.15) is 20.8 Å². The van der Waals surface area contributed by atoms with Gasteiger partial charge in [-0.1, -0.05) is 0 Å². The van der Waals surface area contributed by atoms with Crippen molar-refractivity contribution in [1.29, 1.82) is 0 Å². The maximum absolute atomic E-state index is 8.26. The fourth-order valence-corrected chi connectivity index (χ4v) is 0.655. The summed E-state index contributed by atoms with van der Waals surface area (Å²) in [6, 6.07) is 0. The van der Waals surface area contributed by atoms with Gasteiger partial charge < -0.3 is 29.5 Å². The Balaban J connectivity index is -0.000000235. The smallest absolute Gasteiger partial charge is 0.0701 e. The van der Waals surface area contributed by atoms with E-state index in [4.69, 9.17) is 29.5 Å². The predicted molar refractivity (Wildman–Crippen MR) is 70.7 cm³/mol. The first kappa shape index (κ1) is 22.9. The summed E-state index contributed by atoms with van der Waals surface area (Å²) in [5.74, 6) is 0. The lowest BCUT2D eigenvalue weighted by Crippen LogP contribution is -2.09. The van der Waals surface area contributed by atoms with Crippen molar-refractivity contribution in [3.05, 3.63) is 0 Å². The van der Waals surface area contributed by atoms with Crippen LogP contribution in [0.25, 0.3) is 0 Å². The lowest BCUT2D eigenvalue weighted by molar-refractivity contribution is 0.0222. The third-order valence-corrected chi connectivity index (χ3v) is 1.25. The van der Waals surface area contributed by atoms with E-state index < -0.39 is 0 Å². The molecule has 0 aromatic rings. The molecule has 3 N–H and O–H groups in total. The SMILES string of the molecule is CCO.CCOCC.OCCOCCOCCO. The minimum absolute atomic E-state index is 0.0417. The number of aliphatic hydroxyl groups is 3. The number of aliphatic hydroxyl groups excluding tert-OH is 3. The van der Waals surface area contributed by atoms with E-state index in [1.807, 2.05) is 13.8 Å². The van der Waals surface area contributed by atoms with Crippen molar-refractivity contribution in [3.8, 4) is 0 Å². The summed E-state index contributed by atoms with van der Waals surface area (Å²) in [4.78, 5) is 0. The summed E-state index contributed by atoms with van der Waals surface area (Å²) in [6.07, 6.45) is 0.